The van der Waals surface area contributed by atoms with E-state index in [1.807, 2.05) is 0 Å². The lowest BCUT2D eigenvalue weighted by atomic mass is 10.2. The van der Waals surface area contributed by atoms with Crippen LogP contribution in [0.1, 0.15) is 0 Å². The van der Waals surface area contributed by atoms with E-state index < -0.39 is 10.9 Å². The normalized spacial score (nSPS) is 10.3. The van der Waals surface area contributed by atoms with Crippen LogP contribution in [-0.4, -0.2) is 31.9 Å². The van der Waals surface area contributed by atoms with Crippen molar-refractivity contribution >= 4 is 23.4 Å². The van der Waals surface area contributed by atoms with Gasteiger partial charge in [-0.05, 0) is 0 Å². The molecule has 0 saturated heterocycles. The number of aliphatic carboxylic acids is 1. The molecule has 0 saturated carbocycles. The molecule has 0 fully saturated rings. The molecule has 2 rings (SSSR count). The van der Waals surface area contributed by atoms with Crippen molar-refractivity contribution in [1.82, 2.24) is 10.1 Å². The molecule has 0 aliphatic heterocycles. The first-order chi connectivity index (χ1) is 9.06. The molecule has 1 N–H and O–H groups in total. The number of thioether (sulfide) groups is 1. The molecule has 1 aromatic carbocycles. The van der Waals surface area contributed by atoms with Gasteiger partial charge in [-0.15, -0.1) is 0 Å². The number of benzene rings is 1. The fourth-order valence-corrected chi connectivity index (χ4v) is 1.76. The Labute approximate surface area is 110 Å². The highest BCUT2D eigenvalue weighted by molar-refractivity contribution is 7.99. The predicted octanol–water partition coefficient (Wildman–Crippen LogP) is 1.82. The number of carboxylic acids is 1. The Hall–Kier alpha value is -2.42. The summed E-state index contributed by atoms with van der Waals surface area (Å²) in [6.07, 6.45) is 0. The number of carbonyl (C=O) groups is 1. The molecule has 19 heavy (non-hydrogen) atoms. The van der Waals surface area contributed by atoms with E-state index in [1.165, 1.54) is 18.2 Å². The summed E-state index contributed by atoms with van der Waals surface area (Å²) in [7, 11) is 0. The van der Waals surface area contributed by atoms with Crippen molar-refractivity contribution in [2.45, 2.75) is 5.22 Å². The van der Waals surface area contributed by atoms with Crippen molar-refractivity contribution in [1.29, 1.82) is 0 Å². The van der Waals surface area contributed by atoms with Gasteiger partial charge in [0.15, 0.2) is 0 Å². The van der Waals surface area contributed by atoms with Gasteiger partial charge >= 0.3 is 5.97 Å². The third-order valence-corrected chi connectivity index (χ3v) is 2.85. The molecule has 1 heterocycles. The SMILES string of the molecule is O=C(O)CSc1nc(-c2cccc([N+](=O)[O-])c2)no1. The molecule has 98 valence electrons. The molecule has 0 unspecified atom stereocenters. The molecule has 0 spiro atoms. The summed E-state index contributed by atoms with van der Waals surface area (Å²) in [5.74, 6) is -1.02. The fraction of sp³-hybridized carbons (Fsp3) is 0.100. The largest absolute Gasteiger partial charge is 0.481 e. The standard InChI is InChI=1S/C10H7N3O5S/c14-8(15)5-19-10-11-9(12-18-10)6-2-1-3-7(4-6)13(16)17/h1-4H,5H2,(H,14,15). The minimum atomic E-state index is -1.000. The quantitative estimate of drug-likeness (QED) is 0.500. The van der Waals surface area contributed by atoms with Gasteiger partial charge in [0.25, 0.3) is 10.9 Å². The number of aromatic nitrogens is 2. The predicted molar refractivity (Wildman–Crippen MR) is 64.7 cm³/mol. The number of non-ortho nitro benzene ring substituents is 1. The molecular formula is C10H7N3O5S. The van der Waals surface area contributed by atoms with Gasteiger partial charge < -0.3 is 9.63 Å². The number of hydrogen-bond donors (Lipinski definition) is 1. The lowest BCUT2D eigenvalue weighted by Gasteiger charge is -1.94. The van der Waals surface area contributed by atoms with Gasteiger partial charge in [0.1, 0.15) is 5.75 Å². The maximum absolute atomic E-state index is 10.6. The van der Waals surface area contributed by atoms with Crippen LogP contribution in [0.2, 0.25) is 0 Å². The average molecular weight is 281 g/mol. The first kappa shape index (κ1) is 13.0. The lowest BCUT2D eigenvalue weighted by molar-refractivity contribution is -0.384. The van der Waals surface area contributed by atoms with E-state index in [2.05, 4.69) is 10.1 Å². The van der Waals surface area contributed by atoms with Crippen molar-refractivity contribution in [2.24, 2.45) is 0 Å². The zero-order chi connectivity index (χ0) is 13.8. The van der Waals surface area contributed by atoms with Gasteiger partial charge in [-0.1, -0.05) is 29.1 Å². The summed E-state index contributed by atoms with van der Waals surface area (Å²) in [6.45, 7) is 0. The number of nitro benzene ring substituents is 1. The van der Waals surface area contributed by atoms with E-state index in [9.17, 15) is 14.9 Å². The summed E-state index contributed by atoms with van der Waals surface area (Å²) >= 11 is 0.881. The highest BCUT2D eigenvalue weighted by atomic mass is 32.2. The van der Waals surface area contributed by atoms with Crippen molar-refractivity contribution < 1.29 is 19.3 Å². The van der Waals surface area contributed by atoms with E-state index in [1.54, 1.807) is 6.07 Å². The van der Waals surface area contributed by atoms with Gasteiger partial charge in [-0.3, -0.25) is 14.9 Å². The molecular weight excluding hydrogens is 274 g/mol. The van der Waals surface area contributed by atoms with Crippen LogP contribution in [0.4, 0.5) is 5.69 Å². The minimum absolute atomic E-state index is 0.0814. The van der Waals surface area contributed by atoms with Crippen LogP contribution >= 0.6 is 11.8 Å². The second-order valence-corrected chi connectivity index (χ2v) is 4.30. The van der Waals surface area contributed by atoms with Crippen LogP contribution in [0.25, 0.3) is 11.4 Å². The molecule has 0 radical (unpaired) electrons. The molecule has 9 heteroatoms. The third-order valence-electron chi connectivity index (χ3n) is 2.04. The van der Waals surface area contributed by atoms with Gasteiger partial charge in [0.2, 0.25) is 5.82 Å². The molecule has 1 aromatic heterocycles. The van der Waals surface area contributed by atoms with Gasteiger partial charge in [0, 0.05) is 17.7 Å². The Morgan fingerprint density at radius 2 is 2.32 bits per heavy atom. The molecule has 0 atom stereocenters. The molecule has 0 aliphatic carbocycles. The summed E-state index contributed by atoms with van der Waals surface area (Å²) < 4.78 is 4.84. The minimum Gasteiger partial charge on any atom is -0.481 e. The van der Waals surface area contributed by atoms with Crippen molar-refractivity contribution in [3.63, 3.8) is 0 Å². The number of rotatable bonds is 5. The number of hydrogen-bond acceptors (Lipinski definition) is 7. The van der Waals surface area contributed by atoms with E-state index in [4.69, 9.17) is 9.63 Å². The van der Waals surface area contributed by atoms with Crippen LogP contribution in [0, 0.1) is 10.1 Å². The van der Waals surface area contributed by atoms with Crippen LogP contribution in [0.3, 0.4) is 0 Å². The smallest absolute Gasteiger partial charge is 0.314 e. The Kier molecular flexibility index (Phi) is 3.76. The highest BCUT2D eigenvalue weighted by Gasteiger charge is 2.13. The number of carboxylic acid groups (broad SMARTS) is 1. The van der Waals surface area contributed by atoms with Gasteiger partial charge in [-0.25, -0.2) is 0 Å². The molecule has 0 bridgehead atoms. The maximum atomic E-state index is 10.6. The molecule has 0 amide bonds. The Morgan fingerprint density at radius 1 is 1.53 bits per heavy atom. The summed E-state index contributed by atoms with van der Waals surface area (Å²) in [5, 5.41) is 22.9. The highest BCUT2D eigenvalue weighted by Crippen LogP contribution is 2.24. The summed E-state index contributed by atoms with van der Waals surface area (Å²) in [6, 6.07) is 5.78. The van der Waals surface area contributed by atoms with Crippen molar-refractivity contribution in [3.05, 3.63) is 34.4 Å². The van der Waals surface area contributed by atoms with Gasteiger partial charge in [-0.2, -0.15) is 4.98 Å². The Balaban J connectivity index is 2.20. The van der Waals surface area contributed by atoms with Crippen molar-refractivity contribution in [2.75, 3.05) is 5.75 Å². The van der Waals surface area contributed by atoms with Crippen molar-refractivity contribution in [3.8, 4) is 11.4 Å². The topological polar surface area (TPSA) is 119 Å². The Bertz CT molecular complexity index is 627. The van der Waals surface area contributed by atoms with Crippen LogP contribution in [0.15, 0.2) is 34.0 Å². The first-order valence-electron chi connectivity index (χ1n) is 4.99. The fourth-order valence-electron chi connectivity index (χ4n) is 1.27. The molecule has 0 aliphatic rings. The lowest BCUT2D eigenvalue weighted by Crippen LogP contribution is -1.97. The van der Waals surface area contributed by atoms with Crippen LogP contribution in [-0.2, 0) is 4.79 Å². The summed E-state index contributed by atoms with van der Waals surface area (Å²) in [4.78, 5) is 24.5. The Morgan fingerprint density at radius 3 is 3.00 bits per heavy atom. The third kappa shape index (κ3) is 3.28. The zero-order valence-electron chi connectivity index (χ0n) is 9.35. The monoisotopic (exact) mass is 281 g/mol. The number of nitrogens with zero attached hydrogens (tertiary/aromatic N) is 3. The maximum Gasteiger partial charge on any atom is 0.314 e. The first-order valence-corrected chi connectivity index (χ1v) is 5.98. The molecule has 8 nitrogen and oxygen atoms in total. The van der Waals surface area contributed by atoms with E-state index in [-0.39, 0.29) is 22.5 Å². The van der Waals surface area contributed by atoms with E-state index >= 15 is 0 Å². The van der Waals surface area contributed by atoms with Crippen LogP contribution < -0.4 is 0 Å². The van der Waals surface area contributed by atoms with Gasteiger partial charge in [0.05, 0.1) is 4.92 Å². The molecule has 2 aromatic rings. The van der Waals surface area contributed by atoms with E-state index in [0.29, 0.717) is 5.56 Å². The average Bonchev–Trinajstić information content (AvgIpc) is 2.85. The van der Waals surface area contributed by atoms with Crippen LogP contribution in [0.5, 0.6) is 0 Å². The number of nitro groups is 1. The zero-order valence-corrected chi connectivity index (χ0v) is 10.2. The second kappa shape index (κ2) is 5.48. The summed E-state index contributed by atoms with van der Waals surface area (Å²) in [5.41, 5.74) is 0.349. The van der Waals surface area contributed by atoms with E-state index in [0.717, 1.165) is 11.8 Å². The second-order valence-electron chi connectivity index (χ2n) is 3.37.